The number of alkyl halides is 1. The molecular weight excluding hydrogens is 341 g/mol. The number of benzene rings is 2. The Morgan fingerprint density at radius 1 is 1.09 bits per heavy atom. The van der Waals surface area contributed by atoms with E-state index in [4.69, 9.17) is 16.3 Å². The Labute approximate surface area is 140 Å². The van der Waals surface area contributed by atoms with Gasteiger partial charge in [-0.3, -0.25) is 0 Å². The first kappa shape index (κ1) is 17.9. The van der Waals surface area contributed by atoms with Gasteiger partial charge in [-0.2, -0.15) is 0 Å². The van der Waals surface area contributed by atoms with Crippen LogP contribution in [0.1, 0.15) is 11.7 Å². The topological polar surface area (TPSA) is 55.4 Å². The Kier molecular flexibility index (Phi) is 6.53. The summed E-state index contributed by atoms with van der Waals surface area (Å²) in [6.07, 6.45) is -0.454. The predicted octanol–water partition coefficient (Wildman–Crippen LogP) is 3.10. The summed E-state index contributed by atoms with van der Waals surface area (Å²) in [5.74, 6) is -0.176. The van der Waals surface area contributed by atoms with Gasteiger partial charge in [0.2, 0.25) is 10.0 Å². The van der Waals surface area contributed by atoms with Gasteiger partial charge in [-0.1, -0.05) is 30.3 Å². The number of halogens is 2. The summed E-state index contributed by atoms with van der Waals surface area (Å²) in [7, 11) is -3.73. The van der Waals surface area contributed by atoms with E-state index in [0.29, 0.717) is 12.5 Å². The first-order valence-corrected chi connectivity index (χ1v) is 9.02. The Bertz CT molecular complexity index is 708. The third-order valence-electron chi connectivity index (χ3n) is 3.15. The minimum Gasteiger partial charge on any atom is -0.371 e. The molecule has 0 fully saturated rings. The first-order valence-electron chi connectivity index (χ1n) is 7.00. The average molecular weight is 358 g/mol. The fraction of sp³-hybridized carbons (Fsp3) is 0.250. The first-order chi connectivity index (χ1) is 11.0. The van der Waals surface area contributed by atoms with E-state index in [0.717, 1.165) is 17.7 Å². The molecular formula is C16H17ClFNO3S. The lowest BCUT2D eigenvalue weighted by Crippen LogP contribution is -2.30. The molecule has 124 valence electrons. The molecule has 2 aromatic carbocycles. The molecule has 2 rings (SSSR count). The van der Waals surface area contributed by atoms with Crippen LogP contribution in [-0.2, 0) is 14.8 Å². The van der Waals surface area contributed by atoms with Gasteiger partial charge in [0.05, 0.1) is 17.6 Å². The standard InChI is InChI=1S/C16H17ClFNO3S/c17-10-11-22-16(13-4-2-1-3-5-13)12-19-23(20,21)15-8-6-14(18)7-9-15/h1-9,16,19H,10-12H2/t16-/m1/s1. The highest BCUT2D eigenvalue weighted by Gasteiger charge is 2.18. The number of sulfonamides is 1. The molecule has 4 nitrogen and oxygen atoms in total. The van der Waals surface area contributed by atoms with E-state index < -0.39 is 21.9 Å². The molecule has 0 spiro atoms. The molecule has 0 aliphatic rings. The van der Waals surface area contributed by atoms with Gasteiger partial charge in [0.1, 0.15) is 5.82 Å². The second kappa shape index (κ2) is 8.40. The van der Waals surface area contributed by atoms with E-state index in [-0.39, 0.29) is 11.4 Å². The number of rotatable bonds is 8. The van der Waals surface area contributed by atoms with Crippen LogP contribution in [0.3, 0.4) is 0 Å². The largest absolute Gasteiger partial charge is 0.371 e. The Morgan fingerprint density at radius 3 is 2.35 bits per heavy atom. The monoisotopic (exact) mass is 357 g/mol. The maximum absolute atomic E-state index is 12.9. The van der Waals surface area contributed by atoms with E-state index >= 15 is 0 Å². The van der Waals surface area contributed by atoms with Crippen LogP contribution in [0.25, 0.3) is 0 Å². The SMILES string of the molecule is O=S(=O)(NC[C@@H](OCCCl)c1ccccc1)c1ccc(F)cc1. The maximum atomic E-state index is 12.9. The van der Waals surface area contributed by atoms with Crippen LogP contribution in [-0.4, -0.2) is 27.4 Å². The van der Waals surface area contributed by atoms with Gasteiger partial charge in [-0.25, -0.2) is 17.5 Å². The molecule has 7 heteroatoms. The predicted molar refractivity (Wildman–Crippen MR) is 87.4 cm³/mol. The van der Waals surface area contributed by atoms with E-state index in [1.165, 1.54) is 12.1 Å². The molecule has 1 atom stereocenters. The summed E-state index contributed by atoms with van der Waals surface area (Å²) in [5, 5.41) is 0. The third-order valence-corrected chi connectivity index (χ3v) is 4.74. The molecule has 0 aliphatic heterocycles. The smallest absolute Gasteiger partial charge is 0.240 e. The van der Waals surface area contributed by atoms with Crippen molar-refractivity contribution in [2.24, 2.45) is 0 Å². The van der Waals surface area contributed by atoms with Gasteiger partial charge >= 0.3 is 0 Å². The second-order valence-electron chi connectivity index (χ2n) is 4.76. The van der Waals surface area contributed by atoms with Crippen LogP contribution >= 0.6 is 11.6 Å². The highest BCUT2D eigenvalue weighted by Crippen LogP contribution is 2.18. The van der Waals surface area contributed by atoms with Crippen LogP contribution in [0, 0.1) is 5.82 Å². The molecule has 0 bridgehead atoms. The molecule has 0 aromatic heterocycles. The van der Waals surface area contributed by atoms with Crippen molar-refractivity contribution in [3.63, 3.8) is 0 Å². The van der Waals surface area contributed by atoms with Crippen LogP contribution in [0.4, 0.5) is 4.39 Å². The molecule has 1 N–H and O–H groups in total. The quantitative estimate of drug-likeness (QED) is 0.738. The number of hydrogen-bond acceptors (Lipinski definition) is 3. The lowest BCUT2D eigenvalue weighted by atomic mass is 10.1. The zero-order valence-corrected chi connectivity index (χ0v) is 13.9. The van der Waals surface area contributed by atoms with Crippen LogP contribution in [0.5, 0.6) is 0 Å². The highest BCUT2D eigenvalue weighted by atomic mass is 35.5. The number of hydrogen-bond donors (Lipinski definition) is 1. The zero-order chi connectivity index (χ0) is 16.7. The van der Waals surface area contributed by atoms with Crippen molar-refractivity contribution in [3.8, 4) is 0 Å². The minimum absolute atomic E-state index is 0.00283. The Balaban J connectivity index is 2.09. The average Bonchev–Trinajstić information content (AvgIpc) is 2.56. The van der Waals surface area contributed by atoms with E-state index in [9.17, 15) is 12.8 Å². The molecule has 0 unspecified atom stereocenters. The van der Waals surface area contributed by atoms with Crippen molar-refractivity contribution < 1.29 is 17.5 Å². The van der Waals surface area contributed by atoms with E-state index in [1.54, 1.807) is 0 Å². The van der Waals surface area contributed by atoms with Gasteiger partial charge in [-0.15, -0.1) is 11.6 Å². The zero-order valence-electron chi connectivity index (χ0n) is 12.3. The van der Waals surface area contributed by atoms with Gasteiger partial charge in [0, 0.05) is 12.4 Å². The van der Waals surface area contributed by atoms with Crippen molar-refractivity contribution in [2.75, 3.05) is 19.0 Å². The van der Waals surface area contributed by atoms with Crippen molar-refractivity contribution in [1.82, 2.24) is 4.72 Å². The summed E-state index contributed by atoms with van der Waals surface area (Å²) >= 11 is 5.63. The molecule has 0 saturated carbocycles. The molecule has 0 amide bonds. The summed E-state index contributed by atoms with van der Waals surface area (Å²) in [6.45, 7) is 0.361. The lowest BCUT2D eigenvalue weighted by Gasteiger charge is -2.18. The summed E-state index contributed by atoms with van der Waals surface area (Å²) in [4.78, 5) is 0.00283. The fourth-order valence-corrected chi connectivity index (χ4v) is 3.13. The van der Waals surface area contributed by atoms with Gasteiger partial charge in [0.15, 0.2) is 0 Å². The van der Waals surface area contributed by atoms with Crippen LogP contribution in [0.15, 0.2) is 59.5 Å². The maximum Gasteiger partial charge on any atom is 0.240 e. The molecule has 0 saturated heterocycles. The highest BCUT2D eigenvalue weighted by molar-refractivity contribution is 7.89. The summed E-state index contributed by atoms with van der Waals surface area (Å²) in [6, 6.07) is 13.9. The Hall–Kier alpha value is -1.47. The van der Waals surface area contributed by atoms with Gasteiger partial charge in [0.25, 0.3) is 0 Å². The van der Waals surface area contributed by atoms with E-state index in [2.05, 4.69) is 4.72 Å². The normalized spacial score (nSPS) is 13.0. The lowest BCUT2D eigenvalue weighted by molar-refractivity contribution is 0.0676. The second-order valence-corrected chi connectivity index (χ2v) is 6.91. The Morgan fingerprint density at radius 2 is 1.74 bits per heavy atom. The summed E-state index contributed by atoms with van der Waals surface area (Å²) < 4.78 is 45.5. The van der Waals surface area contributed by atoms with Crippen LogP contribution in [0.2, 0.25) is 0 Å². The van der Waals surface area contributed by atoms with Crippen molar-refractivity contribution in [1.29, 1.82) is 0 Å². The van der Waals surface area contributed by atoms with Crippen molar-refractivity contribution in [2.45, 2.75) is 11.0 Å². The van der Waals surface area contributed by atoms with Crippen LogP contribution < -0.4 is 4.72 Å². The minimum atomic E-state index is -3.73. The third kappa shape index (κ3) is 5.28. The van der Waals surface area contributed by atoms with Crippen molar-refractivity contribution >= 4 is 21.6 Å². The molecule has 2 aromatic rings. The molecule has 0 radical (unpaired) electrons. The summed E-state index contributed by atoms with van der Waals surface area (Å²) in [5.41, 5.74) is 0.847. The molecule has 23 heavy (non-hydrogen) atoms. The molecule has 0 aliphatic carbocycles. The fourth-order valence-electron chi connectivity index (χ4n) is 2.01. The number of ether oxygens (including phenoxy) is 1. The van der Waals surface area contributed by atoms with Gasteiger partial charge < -0.3 is 4.74 Å². The van der Waals surface area contributed by atoms with E-state index in [1.807, 2.05) is 30.3 Å². The van der Waals surface area contributed by atoms with Gasteiger partial charge in [-0.05, 0) is 29.8 Å². The molecule has 0 heterocycles. The van der Waals surface area contributed by atoms with Crippen molar-refractivity contribution in [3.05, 3.63) is 66.0 Å². The number of nitrogens with one attached hydrogen (secondary N) is 1.